The van der Waals surface area contributed by atoms with Gasteiger partial charge in [-0.3, -0.25) is 0 Å². The van der Waals surface area contributed by atoms with Gasteiger partial charge in [0.25, 0.3) is 0 Å². The lowest BCUT2D eigenvalue weighted by Gasteiger charge is -2.16. The Labute approximate surface area is 295 Å². The topological polar surface area (TPSA) is 49.4 Å². The molecule has 0 unspecified atom stereocenters. The SMILES string of the molecule is Cc1ccsc1C1=CC2=CC3=NC(=CC4=NC(=CC5=NC(=C(c6sccc6C)C1=N2)C(c1sccc1C)=C5c1sccc1C)C=C4)C=C3. The molecule has 0 spiro atoms. The standard InChI is InChI=1S/C40H28N4S4/c1-21-9-13-45-37(21)30-19-29-18-27-6-5-25(41-27)17-26-7-8-28(42-26)20-31-32(38-22(2)10-14-46-38)33(39-23(3)11-15-47-39)36(44-31)34(35(30)43-29)40-24(4)12-16-48-40/h5-20H,1-4H3. The van der Waals surface area contributed by atoms with Gasteiger partial charge in [-0.05, 0) is 144 Å². The Morgan fingerprint density at radius 2 is 0.938 bits per heavy atom. The molecule has 9 rings (SSSR count). The van der Waals surface area contributed by atoms with Gasteiger partial charge in [-0.2, -0.15) is 0 Å². The van der Waals surface area contributed by atoms with Gasteiger partial charge < -0.3 is 0 Å². The van der Waals surface area contributed by atoms with Crippen molar-refractivity contribution in [3.63, 3.8) is 0 Å². The van der Waals surface area contributed by atoms with Gasteiger partial charge in [0, 0.05) is 41.8 Å². The summed E-state index contributed by atoms with van der Waals surface area (Å²) in [5.74, 6) is 0. The van der Waals surface area contributed by atoms with E-state index in [1.54, 1.807) is 45.3 Å². The van der Waals surface area contributed by atoms with E-state index < -0.39 is 0 Å². The first-order valence-electron chi connectivity index (χ1n) is 15.7. The molecule has 9 heterocycles. The van der Waals surface area contributed by atoms with Crippen LogP contribution in [-0.2, 0) is 0 Å². The number of allylic oxidation sites excluding steroid dienone is 12. The maximum absolute atomic E-state index is 5.65. The fourth-order valence-electron chi connectivity index (χ4n) is 6.51. The Hall–Kier alpha value is -4.60. The molecule has 0 aliphatic carbocycles. The largest absolute Gasteiger partial charge is 0.249 e. The Bertz CT molecular complexity index is 2470. The van der Waals surface area contributed by atoms with Crippen LogP contribution in [0.15, 0.2) is 137 Å². The Balaban J connectivity index is 1.45. The first-order valence-corrected chi connectivity index (χ1v) is 19.2. The number of fused-ring (bicyclic) bond motifs is 4. The molecule has 5 aliphatic heterocycles. The van der Waals surface area contributed by atoms with E-state index in [0.29, 0.717) is 0 Å². The molecule has 0 atom stereocenters. The first kappa shape index (κ1) is 29.5. The Morgan fingerprint density at radius 1 is 0.438 bits per heavy atom. The summed E-state index contributed by atoms with van der Waals surface area (Å²) in [6.07, 6.45) is 16.7. The van der Waals surface area contributed by atoms with Crippen LogP contribution in [0, 0.1) is 27.7 Å². The van der Waals surface area contributed by atoms with Crippen molar-refractivity contribution in [3.8, 4) is 0 Å². The zero-order chi connectivity index (χ0) is 32.5. The van der Waals surface area contributed by atoms with Gasteiger partial charge in [0.15, 0.2) is 0 Å². The number of aliphatic imine (C=N–C) groups is 4. The second-order valence-corrected chi connectivity index (χ2v) is 15.8. The summed E-state index contributed by atoms with van der Waals surface area (Å²) in [5.41, 5.74) is 16.6. The van der Waals surface area contributed by atoms with E-state index in [4.69, 9.17) is 20.0 Å². The van der Waals surface area contributed by atoms with Crippen LogP contribution in [0.4, 0.5) is 0 Å². The minimum atomic E-state index is 0.873. The molecule has 4 aromatic rings. The highest BCUT2D eigenvalue weighted by Gasteiger charge is 2.35. The molecule has 4 aromatic heterocycles. The van der Waals surface area contributed by atoms with E-state index in [0.717, 1.165) is 67.9 Å². The third kappa shape index (κ3) is 4.90. The van der Waals surface area contributed by atoms with E-state index in [1.807, 2.05) is 12.2 Å². The molecule has 0 fully saturated rings. The molecule has 0 aromatic carbocycles. The van der Waals surface area contributed by atoms with Crippen LogP contribution < -0.4 is 0 Å². The van der Waals surface area contributed by atoms with Crippen molar-refractivity contribution in [1.82, 2.24) is 0 Å². The third-order valence-electron chi connectivity index (χ3n) is 8.85. The quantitative estimate of drug-likeness (QED) is 0.204. The number of thiophene rings is 4. The number of hydrogen-bond acceptors (Lipinski definition) is 8. The van der Waals surface area contributed by atoms with Gasteiger partial charge in [-0.1, -0.05) is 0 Å². The highest BCUT2D eigenvalue weighted by atomic mass is 32.1. The number of nitrogens with zero attached hydrogens (tertiary/aromatic N) is 4. The summed E-state index contributed by atoms with van der Waals surface area (Å²) in [6, 6.07) is 8.82. The molecular formula is C40H28N4S4. The smallest absolute Gasteiger partial charge is 0.0839 e. The first-order chi connectivity index (χ1) is 23.4. The molecule has 0 saturated carbocycles. The number of rotatable bonds is 4. The molecule has 4 nitrogen and oxygen atoms in total. The lowest BCUT2D eigenvalue weighted by atomic mass is 9.91. The van der Waals surface area contributed by atoms with Crippen LogP contribution in [0.25, 0.3) is 22.3 Å². The van der Waals surface area contributed by atoms with Gasteiger partial charge in [-0.25, -0.2) is 20.0 Å². The summed E-state index contributed by atoms with van der Waals surface area (Å²) < 4.78 is 0. The zero-order valence-electron chi connectivity index (χ0n) is 26.7. The average molecular weight is 693 g/mol. The van der Waals surface area contributed by atoms with Crippen molar-refractivity contribution in [2.24, 2.45) is 20.0 Å². The molecule has 8 bridgehead atoms. The van der Waals surface area contributed by atoms with Gasteiger partial charge in [-0.15, -0.1) is 45.3 Å². The summed E-state index contributed by atoms with van der Waals surface area (Å²) in [4.78, 5) is 25.9. The lowest BCUT2D eigenvalue weighted by molar-refractivity contribution is 1.41. The van der Waals surface area contributed by atoms with E-state index in [1.165, 1.54) is 41.8 Å². The van der Waals surface area contributed by atoms with Crippen LogP contribution >= 0.6 is 45.3 Å². The average Bonchev–Trinajstić information content (AvgIpc) is 3.89. The van der Waals surface area contributed by atoms with Crippen molar-refractivity contribution in [1.29, 1.82) is 0 Å². The Morgan fingerprint density at radius 3 is 1.50 bits per heavy atom. The second kappa shape index (κ2) is 11.5. The van der Waals surface area contributed by atoms with Crippen molar-refractivity contribution in [2.45, 2.75) is 27.7 Å². The van der Waals surface area contributed by atoms with E-state index >= 15 is 0 Å². The van der Waals surface area contributed by atoms with Gasteiger partial charge >= 0.3 is 0 Å². The van der Waals surface area contributed by atoms with Crippen LogP contribution in [-0.4, -0.2) is 22.8 Å². The number of hydrogen-bond donors (Lipinski definition) is 0. The summed E-state index contributed by atoms with van der Waals surface area (Å²) in [7, 11) is 0. The fraction of sp³-hybridized carbons (Fsp3) is 0.100. The van der Waals surface area contributed by atoms with E-state index in [9.17, 15) is 0 Å². The Kier molecular flexibility index (Phi) is 7.09. The van der Waals surface area contributed by atoms with Gasteiger partial charge in [0.1, 0.15) is 0 Å². The monoisotopic (exact) mass is 692 g/mol. The van der Waals surface area contributed by atoms with Crippen molar-refractivity contribution < 1.29 is 0 Å². The molecule has 0 saturated heterocycles. The number of aryl methyl sites for hydroxylation is 4. The maximum atomic E-state index is 5.65. The summed E-state index contributed by atoms with van der Waals surface area (Å²) in [6.45, 7) is 8.79. The zero-order valence-corrected chi connectivity index (χ0v) is 29.9. The maximum Gasteiger partial charge on any atom is 0.0839 e. The molecule has 0 radical (unpaired) electrons. The molecule has 0 N–H and O–H groups in total. The minimum absolute atomic E-state index is 0.873. The summed E-state index contributed by atoms with van der Waals surface area (Å²) in [5, 5.41) is 8.73. The highest BCUT2D eigenvalue weighted by molar-refractivity contribution is 7.14. The highest BCUT2D eigenvalue weighted by Crippen LogP contribution is 2.50. The van der Waals surface area contributed by atoms with E-state index in [-0.39, 0.29) is 0 Å². The summed E-state index contributed by atoms with van der Waals surface area (Å²) >= 11 is 7.07. The van der Waals surface area contributed by atoms with Crippen LogP contribution in [0.1, 0.15) is 41.8 Å². The molecule has 48 heavy (non-hydrogen) atoms. The van der Waals surface area contributed by atoms with Crippen LogP contribution in [0.3, 0.4) is 0 Å². The molecule has 5 aliphatic rings. The molecule has 0 amide bonds. The second-order valence-electron chi connectivity index (χ2n) is 12.2. The van der Waals surface area contributed by atoms with Crippen LogP contribution in [0.2, 0.25) is 0 Å². The third-order valence-corrected chi connectivity index (χ3v) is 13.0. The molecule has 232 valence electrons. The van der Waals surface area contributed by atoms with Gasteiger partial charge in [0.05, 0.1) is 45.6 Å². The van der Waals surface area contributed by atoms with Gasteiger partial charge in [0.2, 0.25) is 0 Å². The normalized spacial score (nSPS) is 18.2. The molecular weight excluding hydrogens is 665 g/mol. The van der Waals surface area contributed by atoms with Crippen molar-refractivity contribution in [3.05, 3.63) is 159 Å². The molecule has 8 heteroatoms. The van der Waals surface area contributed by atoms with E-state index in [2.05, 4.69) is 110 Å². The predicted molar refractivity (Wildman–Crippen MR) is 210 cm³/mol. The van der Waals surface area contributed by atoms with Crippen molar-refractivity contribution >= 4 is 90.5 Å². The lowest BCUT2D eigenvalue weighted by Crippen LogP contribution is -2.06. The van der Waals surface area contributed by atoms with Crippen molar-refractivity contribution in [2.75, 3.05) is 0 Å². The minimum Gasteiger partial charge on any atom is -0.249 e. The fourth-order valence-corrected chi connectivity index (χ4v) is 10.4. The van der Waals surface area contributed by atoms with Crippen LogP contribution in [0.5, 0.6) is 0 Å². The predicted octanol–water partition coefficient (Wildman–Crippen LogP) is 11.2.